The van der Waals surface area contributed by atoms with Crippen molar-refractivity contribution in [1.82, 2.24) is 14.9 Å². The Hall–Kier alpha value is -4.60. The van der Waals surface area contributed by atoms with Gasteiger partial charge in [-0.25, -0.2) is 4.39 Å². The Balaban J connectivity index is 1.15. The number of rotatable bonds is 11. The van der Waals surface area contributed by atoms with Crippen molar-refractivity contribution >= 4 is 27.6 Å². The van der Waals surface area contributed by atoms with Gasteiger partial charge in [-0.05, 0) is 48.4 Å². The molecule has 0 radical (unpaired) electrons. The van der Waals surface area contributed by atoms with E-state index in [0.29, 0.717) is 51.4 Å². The zero-order valence-electron chi connectivity index (χ0n) is 23.9. The first kappa shape index (κ1) is 28.5. The summed E-state index contributed by atoms with van der Waals surface area (Å²) in [6.07, 6.45) is 4.18. The second-order valence-electron chi connectivity index (χ2n) is 10.3. The third kappa shape index (κ3) is 6.58. The number of pyridine rings is 2. The summed E-state index contributed by atoms with van der Waals surface area (Å²) in [7, 11) is 1.58. The van der Waals surface area contributed by atoms with Gasteiger partial charge < -0.3 is 18.9 Å². The summed E-state index contributed by atoms with van der Waals surface area (Å²) in [5, 5.41) is 1.54. The normalized spacial score (nSPS) is 13.7. The van der Waals surface area contributed by atoms with Crippen molar-refractivity contribution in [2.45, 2.75) is 12.8 Å². The van der Waals surface area contributed by atoms with Gasteiger partial charge in [0.05, 0.1) is 38.0 Å². The number of Topliss-reactive ketones (excluding diaryl/α,β-unsaturated/α-hetero) is 1. The number of carbonyl (C=O) groups excluding carboxylic acids is 1. The molecule has 0 amide bonds. The largest absolute Gasteiger partial charge is 0.493 e. The zero-order valence-corrected chi connectivity index (χ0v) is 23.9. The quantitative estimate of drug-likeness (QED) is 0.134. The Bertz CT molecular complexity index is 1750. The van der Waals surface area contributed by atoms with Crippen molar-refractivity contribution in [3.8, 4) is 23.0 Å². The second-order valence-corrected chi connectivity index (χ2v) is 10.3. The van der Waals surface area contributed by atoms with E-state index >= 15 is 4.39 Å². The highest BCUT2D eigenvalue weighted by Crippen LogP contribution is 2.37. The number of hydrogen-bond donors (Lipinski definition) is 0. The smallest absolute Gasteiger partial charge is 0.169 e. The number of para-hydroxylation sites is 1. The summed E-state index contributed by atoms with van der Waals surface area (Å²) >= 11 is 0. The first-order valence-corrected chi connectivity index (χ1v) is 14.3. The molecule has 2 aromatic heterocycles. The molecule has 1 saturated heterocycles. The lowest BCUT2D eigenvalue weighted by atomic mass is 10.0. The van der Waals surface area contributed by atoms with Crippen molar-refractivity contribution in [3.63, 3.8) is 0 Å². The molecule has 9 heteroatoms. The fourth-order valence-corrected chi connectivity index (χ4v) is 5.25. The van der Waals surface area contributed by atoms with Crippen molar-refractivity contribution in [3.05, 3.63) is 96.1 Å². The SMILES string of the molecule is COc1cc2c(Oc3ccc(CC(=O)c4cccc5cccnc45)cc3F)ccnc2cc1OCCCN1CCOCC1. The molecule has 3 heterocycles. The molecule has 0 bridgehead atoms. The molecule has 0 spiro atoms. The van der Waals surface area contributed by atoms with Crippen LogP contribution in [0.25, 0.3) is 21.8 Å². The highest BCUT2D eigenvalue weighted by molar-refractivity contribution is 6.07. The highest BCUT2D eigenvalue weighted by atomic mass is 19.1. The van der Waals surface area contributed by atoms with Crippen LogP contribution in [0, 0.1) is 5.82 Å². The van der Waals surface area contributed by atoms with E-state index in [-0.39, 0.29) is 18.0 Å². The Morgan fingerprint density at radius 3 is 2.63 bits per heavy atom. The van der Waals surface area contributed by atoms with Gasteiger partial charge in [-0.15, -0.1) is 0 Å². The molecule has 43 heavy (non-hydrogen) atoms. The first-order valence-electron chi connectivity index (χ1n) is 14.3. The Labute approximate surface area is 249 Å². The number of ketones is 1. The minimum absolute atomic E-state index is 0.0392. The number of nitrogens with zero attached hydrogens (tertiary/aromatic N) is 3. The molecule has 3 aromatic carbocycles. The number of carbonyl (C=O) groups is 1. The van der Waals surface area contributed by atoms with E-state index < -0.39 is 5.82 Å². The van der Waals surface area contributed by atoms with Crippen LogP contribution >= 0.6 is 0 Å². The predicted molar refractivity (Wildman–Crippen MR) is 162 cm³/mol. The predicted octanol–water partition coefficient (Wildman–Crippen LogP) is 6.25. The van der Waals surface area contributed by atoms with Gasteiger partial charge in [0.1, 0.15) is 5.75 Å². The Morgan fingerprint density at radius 2 is 1.79 bits per heavy atom. The van der Waals surface area contributed by atoms with Crippen LogP contribution in [0.3, 0.4) is 0 Å². The number of benzene rings is 3. The Morgan fingerprint density at radius 1 is 0.930 bits per heavy atom. The van der Waals surface area contributed by atoms with Crippen LogP contribution in [-0.4, -0.2) is 67.2 Å². The van der Waals surface area contributed by atoms with Crippen LogP contribution in [0.2, 0.25) is 0 Å². The van der Waals surface area contributed by atoms with Crippen LogP contribution in [0.15, 0.2) is 79.1 Å². The van der Waals surface area contributed by atoms with E-state index in [9.17, 15) is 4.79 Å². The number of aromatic nitrogens is 2. The van der Waals surface area contributed by atoms with Crippen LogP contribution < -0.4 is 14.2 Å². The van der Waals surface area contributed by atoms with Gasteiger partial charge in [-0.2, -0.15) is 0 Å². The highest BCUT2D eigenvalue weighted by Gasteiger charge is 2.17. The average molecular weight is 582 g/mol. The molecule has 1 fully saturated rings. The molecule has 6 rings (SSSR count). The third-order valence-corrected chi connectivity index (χ3v) is 7.48. The molecule has 0 N–H and O–H groups in total. The third-order valence-electron chi connectivity index (χ3n) is 7.48. The van der Waals surface area contributed by atoms with Gasteiger partial charge in [-0.3, -0.25) is 19.7 Å². The van der Waals surface area contributed by atoms with Gasteiger partial charge >= 0.3 is 0 Å². The van der Waals surface area contributed by atoms with Crippen LogP contribution in [0.1, 0.15) is 22.3 Å². The van der Waals surface area contributed by atoms with E-state index in [1.54, 1.807) is 43.8 Å². The van der Waals surface area contributed by atoms with Gasteiger partial charge in [0.15, 0.2) is 28.8 Å². The van der Waals surface area contributed by atoms with Crippen LogP contribution in [0.4, 0.5) is 4.39 Å². The Kier molecular flexibility index (Phi) is 8.72. The van der Waals surface area contributed by atoms with Gasteiger partial charge in [-0.1, -0.05) is 24.3 Å². The van der Waals surface area contributed by atoms with Crippen LogP contribution in [-0.2, 0) is 11.2 Å². The lowest BCUT2D eigenvalue weighted by molar-refractivity contribution is 0.0357. The number of ether oxygens (including phenoxy) is 4. The van der Waals surface area contributed by atoms with Crippen molar-refractivity contribution < 1.29 is 28.1 Å². The number of morpholine rings is 1. The summed E-state index contributed by atoms with van der Waals surface area (Å²) in [4.78, 5) is 24.3. The molecule has 0 unspecified atom stereocenters. The molecule has 1 aliphatic heterocycles. The molecule has 1 aliphatic rings. The minimum Gasteiger partial charge on any atom is -0.493 e. The van der Waals surface area contributed by atoms with Gasteiger partial charge in [0.2, 0.25) is 0 Å². The van der Waals surface area contributed by atoms with E-state index in [4.69, 9.17) is 18.9 Å². The van der Waals surface area contributed by atoms with Gasteiger partial charge in [0, 0.05) is 60.9 Å². The van der Waals surface area contributed by atoms with E-state index in [1.165, 1.54) is 12.1 Å². The number of methoxy groups -OCH3 is 1. The molecule has 0 aliphatic carbocycles. The topological polar surface area (TPSA) is 83.0 Å². The maximum Gasteiger partial charge on any atom is 0.169 e. The average Bonchev–Trinajstić information content (AvgIpc) is 3.04. The minimum atomic E-state index is -0.571. The van der Waals surface area contributed by atoms with Crippen molar-refractivity contribution in [1.29, 1.82) is 0 Å². The standard InChI is InChI=1S/C34H32FN3O5/c1-40-32-21-26-28(22-33(32)42-16-4-13-38-14-17-41-18-15-38)36-12-10-30(26)43-31-9-8-23(19-27(31)35)20-29(39)25-7-2-5-24-6-3-11-37-34(24)25/h2-3,5-12,19,21-22H,4,13-18,20H2,1H3. The van der Waals surface area contributed by atoms with E-state index in [1.807, 2.05) is 30.3 Å². The molecule has 220 valence electrons. The number of hydrogen-bond acceptors (Lipinski definition) is 8. The molecular formula is C34H32FN3O5. The van der Waals surface area contributed by atoms with Gasteiger partial charge in [0.25, 0.3) is 0 Å². The first-order chi connectivity index (χ1) is 21.1. The molecule has 0 atom stereocenters. The monoisotopic (exact) mass is 581 g/mol. The lowest BCUT2D eigenvalue weighted by Crippen LogP contribution is -2.37. The molecule has 8 nitrogen and oxygen atoms in total. The molecular weight excluding hydrogens is 549 g/mol. The van der Waals surface area contributed by atoms with Crippen LogP contribution in [0.5, 0.6) is 23.0 Å². The summed E-state index contributed by atoms with van der Waals surface area (Å²) in [5.41, 5.74) is 2.32. The van der Waals surface area contributed by atoms with E-state index in [2.05, 4.69) is 14.9 Å². The van der Waals surface area contributed by atoms with E-state index in [0.717, 1.165) is 44.7 Å². The zero-order chi connectivity index (χ0) is 29.6. The summed E-state index contributed by atoms with van der Waals surface area (Å²) < 4.78 is 38.3. The fraction of sp³-hybridized carbons (Fsp3) is 0.265. The lowest BCUT2D eigenvalue weighted by Gasteiger charge is -2.26. The summed E-state index contributed by atoms with van der Waals surface area (Å²) in [6, 6.07) is 19.1. The number of halogens is 1. The summed E-state index contributed by atoms with van der Waals surface area (Å²) in [5.74, 6) is 0.879. The molecule has 0 saturated carbocycles. The second kappa shape index (κ2) is 13.1. The maximum atomic E-state index is 15.2. The van der Waals surface area contributed by atoms with Crippen molar-refractivity contribution in [2.24, 2.45) is 0 Å². The number of fused-ring (bicyclic) bond motifs is 2. The molecule has 5 aromatic rings. The fourth-order valence-electron chi connectivity index (χ4n) is 5.25. The van der Waals surface area contributed by atoms with Crippen molar-refractivity contribution in [2.75, 3.05) is 46.6 Å². The summed E-state index contributed by atoms with van der Waals surface area (Å²) in [6.45, 7) is 4.90. The maximum absolute atomic E-state index is 15.2.